The van der Waals surface area contributed by atoms with Crippen LogP contribution in [0.2, 0.25) is 5.02 Å². The quantitative estimate of drug-likeness (QED) is 0.647. The molecule has 1 fully saturated rings. The first-order valence-corrected chi connectivity index (χ1v) is 8.87. The number of halogens is 2. The highest BCUT2D eigenvalue weighted by Gasteiger charge is 2.30. The van der Waals surface area contributed by atoms with Gasteiger partial charge < -0.3 is 5.32 Å². The number of rotatable bonds is 4. The Bertz CT molecular complexity index is 834. The Labute approximate surface area is 154 Å². The zero-order valence-corrected chi connectivity index (χ0v) is 14.9. The van der Waals surface area contributed by atoms with E-state index in [1.807, 2.05) is 12.1 Å². The number of hydrogen-bond donors (Lipinski definition) is 1. The molecule has 3 rings (SSSR count). The van der Waals surface area contributed by atoms with Crippen LogP contribution in [0.5, 0.6) is 0 Å². The van der Waals surface area contributed by atoms with E-state index in [9.17, 15) is 9.18 Å². The first kappa shape index (κ1) is 17.6. The van der Waals surface area contributed by atoms with Crippen LogP contribution < -0.4 is 5.32 Å². The maximum Gasteiger partial charge on any atom is 0.239 e. The Morgan fingerprint density at radius 3 is 2.56 bits per heavy atom. The van der Waals surface area contributed by atoms with Crippen molar-refractivity contribution in [2.45, 2.75) is 18.6 Å². The van der Waals surface area contributed by atoms with Gasteiger partial charge in [0.15, 0.2) is 5.17 Å². The molecule has 1 atom stereocenters. The molecular formula is C18H15ClFN3OS. The Kier molecular flexibility index (Phi) is 5.50. The smallest absolute Gasteiger partial charge is 0.239 e. The van der Waals surface area contributed by atoms with Crippen molar-refractivity contribution >= 4 is 40.1 Å². The standard InChI is InChI=1S/C18H15ClFN3OS/c1-11(13-4-8-15(20)9-5-13)22-23-18-21-17(24)16(25-18)10-12-2-6-14(19)7-3-12/h2-9,16H,10H2,1H3,(H,21,23,24)/b22-11-. The van der Waals surface area contributed by atoms with Gasteiger partial charge in [0.25, 0.3) is 0 Å². The summed E-state index contributed by atoms with van der Waals surface area (Å²) < 4.78 is 12.9. The predicted molar refractivity (Wildman–Crippen MR) is 101 cm³/mol. The highest BCUT2D eigenvalue weighted by atomic mass is 35.5. The fourth-order valence-corrected chi connectivity index (χ4v) is 3.38. The van der Waals surface area contributed by atoms with Crippen LogP contribution in [0.25, 0.3) is 0 Å². The van der Waals surface area contributed by atoms with Gasteiger partial charge in [-0.2, -0.15) is 5.10 Å². The van der Waals surface area contributed by atoms with Gasteiger partial charge in [0.2, 0.25) is 5.91 Å². The van der Waals surface area contributed by atoms with Crippen molar-refractivity contribution in [1.29, 1.82) is 0 Å². The van der Waals surface area contributed by atoms with Crippen LogP contribution in [0.15, 0.2) is 58.7 Å². The summed E-state index contributed by atoms with van der Waals surface area (Å²) in [6, 6.07) is 13.4. The SMILES string of the molecule is C/C(=N/N=C1\NC(=O)C(Cc2ccc(Cl)cc2)S1)c1ccc(F)cc1. The molecule has 1 amide bonds. The molecule has 2 aromatic carbocycles. The van der Waals surface area contributed by atoms with Crippen LogP contribution in [-0.2, 0) is 11.2 Å². The summed E-state index contributed by atoms with van der Waals surface area (Å²) >= 11 is 7.22. The fraction of sp³-hybridized carbons (Fsp3) is 0.167. The van der Waals surface area contributed by atoms with Crippen LogP contribution in [0.4, 0.5) is 4.39 Å². The molecule has 0 spiro atoms. The van der Waals surface area contributed by atoms with E-state index in [4.69, 9.17) is 11.6 Å². The van der Waals surface area contributed by atoms with E-state index in [1.54, 1.807) is 31.2 Å². The molecule has 0 bridgehead atoms. The highest BCUT2D eigenvalue weighted by Crippen LogP contribution is 2.24. The molecule has 0 saturated carbocycles. The number of thioether (sulfide) groups is 1. The van der Waals surface area contributed by atoms with Gasteiger partial charge in [-0.15, -0.1) is 5.10 Å². The van der Waals surface area contributed by atoms with E-state index in [2.05, 4.69) is 15.5 Å². The monoisotopic (exact) mass is 375 g/mol. The normalized spacial score (nSPS) is 19.3. The van der Waals surface area contributed by atoms with Crippen molar-refractivity contribution in [3.8, 4) is 0 Å². The molecule has 0 radical (unpaired) electrons. The molecule has 4 nitrogen and oxygen atoms in total. The Balaban J connectivity index is 1.66. The summed E-state index contributed by atoms with van der Waals surface area (Å²) in [4.78, 5) is 12.1. The van der Waals surface area contributed by atoms with E-state index in [0.717, 1.165) is 11.1 Å². The van der Waals surface area contributed by atoms with Crippen molar-refractivity contribution in [3.05, 3.63) is 70.5 Å². The van der Waals surface area contributed by atoms with Gasteiger partial charge >= 0.3 is 0 Å². The van der Waals surface area contributed by atoms with E-state index in [1.165, 1.54) is 23.9 Å². The molecule has 128 valence electrons. The molecule has 1 heterocycles. The van der Waals surface area contributed by atoms with Gasteiger partial charge in [-0.1, -0.05) is 47.6 Å². The van der Waals surface area contributed by atoms with Gasteiger partial charge in [-0.3, -0.25) is 4.79 Å². The van der Waals surface area contributed by atoms with Crippen LogP contribution in [0.1, 0.15) is 18.1 Å². The topological polar surface area (TPSA) is 53.8 Å². The lowest BCUT2D eigenvalue weighted by atomic mass is 10.1. The van der Waals surface area contributed by atoms with Gasteiger partial charge in [0.05, 0.1) is 11.0 Å². The lowest BCUT2D eigenvalue weighted by Crippen LogP contribution is -2.25. The fourth-order valence-electron chi connectivity index (χ4n) is 2.29. The van der Waals surface area contributed by atoms with Gasteiger partial charge in [-0.05, 0) is 48.7 Å². The van der Waals surface area contributed by atoms with Crippen LogP contribution >= 0.6 is 23.4 Å². The van der Waals surface area contributed by atoms with E-state index in [0.29, 0.717) is 22.3 Å². The third-order valence-electron chi connectivity index (χ3n) is 3.66. The predicted octanol–water partition coefficient (Wildman–Crippen LogP) is 4.03. The summed E-state index contributed by atoms with van der Waals surface area (Å²) in [5, 5.41) is 11.8. The summed E-state index contributed by atoms with van der Waals surface area (Å²) in [6.45, 7) is 1.78. The average molecular weight is 376 g/mol. The van der Waals surface area contributed by atoms with Crippen LogP contribution in [0, 0.1) is 5.82 Å². The van der Waals surface area contributed by atoms with Crippen molar-refractivity contribution in [2.75, 3.05) is 0 Å². The van der Waals surface area contributed by atoms with Gasteiger partial charge in [0.1, 0.15) is 5.82 Å². The Hall–Kier alpha value is -2.18. The van der Waals surface area contributed by atoms with Crippen molar-refractivity contribution < 1.29 is 9.18 Å². The number of nitrogens with zero attached hydrogens (tertiary/aromatic N) is 2. The molecule has 25 heavy (non-hydrogen) atoms. The van der Waals surface area contributed by atoms with Crippen molar-refractivity contribution in [3.63, 3.8) is 0 Å². The lowest BCUT2D eigenvalue weighted by molar-refractivity contribution is -0.118. The van der Waals surface area contributed by atoms with Crippen molar-refractivity contribution in [2.24, 2.45) is 10.2 Å². The zero-order valence-electron chi connectivity index (χ0n) is 13.4. The van der Waals surface area contributed by atoms with E-state index < -0.39 is 0 Å². The molecule has 2 aromatic rings. The Morgan fingerprint density at radius 2 is 1.88 bits per heavy atom. The minimum Gasteiger partial charge on any atom is -0.303 e. The molecule has 0 aliphatic carbocycles. The minimum atomic E-state index is -0.300. The van der Waals surface area contributed by atoms with E-state index in [-0.39, 0.29) is 17.0 Å². The number of carbonyl (C=O) groups is 1. The number of hydrogen-bond acceptors (Lipinski definition) is 4. The minimum absolute atomic E-state index is 0.0895. The lowest BCUT2D eigenvalue weighted by Gasteiger charge is -2.05. The molecule has 0 aromatic heterocycles. The molecule has 1 aliphatic rings. The van der Waals surface area contributed by atoms with Crippen LogP contribution in [-0.4, -0.2) is 22.0 Å². The Morgan fingerprint density at radius 1 is 1.20 bits per heavy atom. The number of carbonyl (C=O) groups excluding carboxylic acids is 1. The summed E-state index contributed by atoms with van der Waals surface area (Å²) in [6.07, 6.45) is 0.591. The second-order valence-electron chi connectivity index (χ2n) is 5.52. The second-order valence-corrected chi connectivity index (χ2v) is 7.15. The highest BCUT2D eigenvalue weighted by molar-refractivity contribution is 8.15. The first-order chi connectivity index (χ1) is 12.0. The van der Waals surface area contributed by atoms with Crippen LogP contribution in [0.3, 0.4) is 0 Å². The average Bonchev–Trinajstić information content (AvgIpc) is 2.95. The maximum atomic E-state index is 12.9. The van der Waals surface area contributed by atoms with Crippen molar-refractivity contribution in [1.82, 2.24) is 5.32 Å². The summed E-state index contributed by atoms with van der Waals surface area (Å²) in [7, 11) is 0. The van der Waals surface area contributed by atoms with Gasteiger partial charge in [-0.25, -0.2) is 4.39 Å². The summed E-state index contributed by atoms with van der Waals surface area (Å²) in [5.74, 6) is -0.389. The molecule has 7 heteroatoms. The molecule has 1 aliphatic heterocycles. The third kappa shape index (κ3) is 4.67. The number of amidine groups is 1. The second kappa shape index (κ2) is 7.80. The molecule has 1 N–H and O–H groups in total. The molecule has 1 saturated heterocycles. The largest absolute Gasteiger partial charge is 0.303 e. The third-order valence-corrected chi connectivity index (χ3v) is 4.99. The maximum absolute atomic E-state index is 12.9. The summed E-state index contributed by atoms with van der Waals surface area (Å²) in [5.41, 5.74) is 2.45. The molecule has 1 unspecified atom stereocenters. The first-order valence-electron chi connectivity index (χ1n) is 7.61. The van der Waals surface area contributed by atoms with E-state index >= 15 is 0 Å². The number of amides is 1. The molecular weight excluding hydrogens is 361 g/mol. The number of benzene rings is 2. The number of nitrogens with one attached hydrogen (secondary N) is 1. The van der Waals surface area contributed by atoms with Gasteiger partial charge in [0, 0.05) is 5.02 Å². The zero-order chi connectivity index (χ0) is 17.8.